The Labute approximate surface area is 209 Å². The molecule has 2 aromatic carbocycles. The summed E-state index contributed by atoms with van der Waals surface area (Å²) in [5.74, 6) is 0.730. The molecule has 2 aromatic heterocycles. The van der Waals surface area contributed by atoms with Crippen LogP contribution >= 0.6 is 35.6 Å². The summed E-state index contributed by atoms with van der Waals surface area (Å²) in [6, 6.07) is 17.9. The second kappa shape index (κ2) is 11.7. The molecule has 2 heterocycles. The smallest absolute Gasteiger partial charge is 0.191 e. The van der Waals surface area contributed by atoms with E-state index in [0.29, 0.717) is 18.1 Å². The van der Waals surface area contributed by atoms with Gasteiger partial charge in [0.05, 0.1) is 18.4 Å². The zero-order valence-electron chi connectivity index (χ0n) is 17.6. The van der Waals surface area contributed by atoms with Crippen molar-refractivity contribution in [1.29, 1.82) is 0 Å². The molecule has 4 aromatic rings. The van der Waals surface area contributed by atoms with E-state index in [1.54, 1.807) is 13.2 Å². The third-order valence-corrected chi connectivity index (χ3v) is 5.12. The van der Waals surface area contributed by atoms with Crippen molar-refractivity contribution >= 4 is 41.5 Å². The average molecular weight is 562 g/mol. The van der Waals surface area contributed by atoms with Gasteiger partial charge in [-0.1, -0.05) is 35.9 Å². The maximum absolute atomic E-state index is 5.96. The summed E-state index contributed by atoms with van der Waals surface area (Å²) >= 11 is 5.96. The first-order chi connectivity index (χ1) is 15.2. The summed E-state index contributed by atoms with van der Waals surface area (Å²) in [6.45, 7) is 2.02. The van der Waals surface area contributed by atoms with Crippen LogP contribution in [-0.2, 0) is 19.6 Å². The van der Waals surface area contributed by atoms with Gasteiger partial charge in [-0.2, -0.15) is 10.2 Å². The number of nitrogens with one attached hydrogen (secondary N) is 2. The van der Waals surface area contributed by atoms with Crippen molar-refractivity contribution in [3.05, 3.63) is 101 Å². The van der Waals surface area contributed by atoms with Crippen molar-refractivity contribution in [1.82, 2.24) is 30.2 Å². The Balaban J connectivity index is 0.00000289. The number of guanidine groups is 1. The topological polar surface area (TPSA) is 72.1 Å². The largest absolute Gasteiger partial charge is 0.352 e. The third kappa shape index (κ3) is 6.33. The van der Waals surface area contributed by atoms with Crippen LogP contribution in [0, 0.1) is 0 Å². The molecule has 0 unspecified atom stereocenters. The monoisotopic (exact) mass is 561 g/mol. The molecule has 4 rings (SSSR count). The zero-order chi connectivity index (χ0) is 21.5. The molecule has 0 saturated heterocycles. The Morgan fingerprint density at radius 2 is 1.72 bits per heavy atom. The predicted molar refractivity (Wildman–Crippen MR) is 139 cm³/mol. The normalized spacial score (nSPS) is 11.1. The van der Waals surface area contributed by atoms with Gasteiger partial charge in [-0.3, -0.25) is 9.67 Å². The maximum Gasteiger partial charge on any atom is 0.191 e. The van der Waals surface area contributed by atoms with Crippen molar-refractivity contribution in [2.24, 2.45) is 4.99 Å². The number of aromatic nitrogens is 4. The first-order valence-corrected chi connectivity index (χ1v) is 10.4. The zero-order valence-corrected chi connectivity index (χ0v) is 20.7. The van der Waals surface area contributed by atoms with Crippen LogP contribution in [0.2, 0.25) is 5.02 Å². The predicted octanol–water partition coefficient (Wildman–Crippen LogP) is 4.25. The van der Waals surface area contributed by atoms with Crippen LogP contribution in [-0.4, -0.2) is 32.6 Å². The Kier molecular flexibility index (Phi) is 8.69. The van der Waals surface area contributed by atoms with E-state index in [1.807, 2.05) is 70.4 Å². The number of hydrogen-bond donors (Lipinski definition) is 2. The Morgan fingerprint density at radius 3 is 2.44 bits per heavy atom. The molecule has 0 fully saturated rings. The Bertz CT molecular complexity index is 1140. The number of benzene rings is 2. The summed E-state index contributed by atoms with van der Waals surface area (Å²) in [5, 5.41) is 16.2. The van der Waals surface area contributed by atoms with Crippen molar-refractivity contribution in [2.45, 2.75) is 19.6 Å². The molecule has 9 heteroatoms. The third-order valence-electron chi connectivity index (χ3n) is 4.87. The summed E-state index contributed by atoms with van der Waals surface area (Å²) in [5.41, 5.74) is 4.44. The van der Waals surface area contributed by atoms with Crippen molar-refractivity contribution in [3.63, 3.8) is 0 Å². The average Bonchev–Trinajstić information content (AvgIpc) is 3.48. The lowest BCUT2D eigenvalue weighted by Gasteiger charge is -2.14. The minimum absolute atomic E-state index is 0. The number of aliphatic imine (C=N–C) groups is 1. The second-order valence-corrected chi connectivity index (χ2v) is 7.46. The van der Waals surface area contributed by atoms with Crippen molar-refractivity contribution in [3.8, 4) is 5.69 Å². The number of halogens is 2. The molecule has 0 aliphatic carbocycles. The van der Waals surface area contributed by atoms with Gasteiger partial charge in [-0.05, 0) is 41.5 Å². The van der Waals surface area contributed by atoms with Crippen LogP contribution < -0.4 is 10.6 Å². The fraction of sp³-hybridized carbons (Fsp3) is 0.174. The second-order valence-electron chi connectivity index (χ2n) is 7.02. The molecule has 0 bridgehead atoms. The number of hydrogen-bond acceptors (Lipinski definition) is 3. The van der Waals surface area contributed by atoms with Gasteiger partial charge >= 0.3 is 0 Å². The van der Waals surface area contributed by atoms with E-state index in [4.69, 9.17) is 11.6 Å². The molecule has 0 aliphatic rings. The number of nitrogens with zero attached hydrogens (tertiary/aromatic N) is 5. The molecule has 7 nitrogen and oxygen atoms in total. The van der Waals surface area contributed by atoms with Gasteiger partial charge in [-0.15, -0.1) is 24.0 Å². The van der Waals surface area contributed by atoms with Gasteiger partial charge in [0.2, 0.25) is 0 Å². The van der Waals surface area contributed by atoms with E-state index in [0.717, 1.165) is 23.8 Å². The molecule has 0 spiro atoms. The molecule has 0 aliphatic heterocycles. The molecule has 166 valence electrons. The Hall–Kier alpha value is -2.85. The van der Waals surface area contributed by atoms with Gasteiger partial charge in [-0.25, -0.2) is 4.68 Å². The molecule has 0 saturated carbocycles. The Morgan fingerprint density at radius 1 is 0.969 bits per heavy atom. The van der Waals surface area contributed by atoms with E-state index in [1.165, 1.54) is 11.1 Å². The fourth-order valence-corrected chi connectivity index (χ4v) is 3.35. The number of rotatable bonds is 7. The fourth-order valence-electron chi connectivity index (χ4n) is 3.22. The van der Waals surface area contributed by atoms with Gasteiger partial charge in [0.25, 0.3) is 0 Å². The lowest BCUT2D eigenvalue weighted by Crippen LogP contribution is -2.36. The lowest BCUT2D eigenvalue weighted by atomic mass is 10.1. The maximum atomic E-state index is 5.96. The van der Waals surface area contributed by atoms with Gasteiger partial charge in [0.15, 0.2) is 5.96 Å². The van der Waals surface area contributed by atoms with Crippen LogP contribution in [0.3, 0.4) is 0 Å². The van der Waals surface area contributed by atoms with Crippen LogP contribution in [0.5, 0.6) is 0 Å². The highest BCUT2D eigenvalue weighted by atomic mass is 127. The van der Waals surface area contributed by atoms with E-state index in [9.17, 15) is 0 Å². The highest BCUT2D eigenvalue weighted by Crippen LogP contribution is 2.13. The molecular formula is C23H25ClIN7. The van der Waals surface area contributed by atoms with Crippen LogP contribution in [0.1, 0.15) is 16.7 Å². The SMILES string of the molecule is CN=C(NCc1cnn(-c2ccc(Cl)cc2)c1)NCc1ccccc1Cn1cccn1.I. The van der Waals surface area contributed by atoms with E-state index < -0.39 is 0 Å². The van der Waals surface area contributed by atoms with Crippen LogP contribution in [0.4, 0.5) is 0 Å². The molecule has 0 atom stereocenters. The minimum Gasteiger partial charge on any atom is -0.352 e. The first-order valence-electron chi connectivity index (χ1n) is 9.99. The summed E-state index contributed by atoms with van der Waals surface area (Å²) in [7, 11) is 1.77. The van der Waals surface area contributed by atoms with Crippen LogP contribution in [0.25, 0.3) is 5.69 Å². The highest BCUT2D eigenvalue weighted by molar-refractivity contribution is 14.0. The molecule has 32 heavy (non-hydrogen) atoms. The lowest BCUT2D eigenvalue weighted by molar-refractivity contribution is 0.677. The van der Waals surface area contributed by atoms with Crippen molar-refractivity contribution in [2.75, 3.05) is 7.05 Å². The summed E-state index contributed by atoms with van der Waals surface area (Å²) in [6.07, 6.45) is 7.59. The first kappa shape index (κ1) is 23.8. The quantitative estimate of drug-likeness (QED) is 0.201. The standard InChI is InChI=1S/C23H24ClN7.HI/c1-25-23(26-13-18-14-29-31(16-18)22-9-7-21(24)8-10-22)27-15-19-5-2-3-6-20(19)17-30-12-4-11-28-30;/h2-12,14,16H,13,15,17H2,1H3,(H2,25,26,27);1H. The highest BCUT2D eigenvalue weighted by Gasteiger charge is 2.06. The van der Waals surface area contributed by atoms with Gasteiger partial charge in [0.1, 0.15) is 0 Å². The van der Waals surface area contributed by atoms with E-state index >= 15 is 0 Å². The molecule has 0 amide bonds. The molecule has 2 N–H and O–H groups in total. The van der Waals surface area contributed by atoms with Crippen LogP contribution in [0.15, 0.2) is 84.4 Å². The summed E-state index contributed by atoms with van der Waals surface area (Å²) in [4.78, 5) is 4.33. The minimum atomic E-state index is 0. The van der Waals surface area contributed by atoms with E-state index in [2.05, 4.69) is 38.0 Å². The van der Waals surface area contributed by atoms with Crippen molar-refractivity contribution < 1.29 is 0 Å². The molecular weight excluding hydrogens is 537 g/mol. The van der Waals surface area contributed by atoms with Gasteiger partial charge in [0, 0.05) is 49.3 Å². The van der Waals surface area contributed by atoms with Gasteiger partial charge < -0.3 is 10.6 Å². The molecule has 0 radical (unpaired) electrons. The summed E-state index contributed by atoms with van der Waals surface area (Å²) < 4.78 is 3.75. The van der Waals surface area contributed by atoms with E-state index in [-0.39, 0.29) is 24.0 Å².